The first kappa shape index (κ1) is 17.8. The third-order valence-corrected chi connectivity index (χ3v) is 3.44. The summed E-state index contributed by atoms with van der Waals surface area (Å²) in [5.74, 6) is 0. The summed E-state index contributed by atoms with van der Waals surface area (Å²) in [7, 11) is 0. The lowest BCUT2D eigenvalue weighted by Gasteiger charge is -2.26. The highest BCUT2D eigenvalue weighted by molar-refractivity contribution is 6.30. The molecule has 1 unspecified atom stereocenters. The number of rotatable bonds is 7. The molecule has 0 heterocycles. The van der Waals surface area contributed by atoms with Gasteiger partial charge in [-0.2, -0.15) is 0 Å². The second kappa shape index (κ2) is 8.25. The molecule has 0 aliphatic rings. The molecule has 0 aromatic heterocycles. The van der Waals surface area contributed by atoms with Gasteiger partial charge in [-0.25, -0.2) is 4.79 Å². The number of aliphatic hydroxyl groups excluding tert-OH is 1. The first-order valence-corrected chi connectivity index (χ1v) is 7.60. The van der Waals surface area contributed by atoms with Crippen molar-refractivity contribution in [2.24, 2.45) is 5.41 Å². The molecule has 0 radical (unpaired) electrons. The molecule has 1 aromatic carbocycles. The Morgan fingerprint density at radius 2 is 1.90 bits per heavy atom. The van der Waals surface area contributed by atoms with Crippen LogP contribution in [0.4, 0.5) is 4.79 Å². The van der Waals surface area contributed by atoms with Crippen LogP contribution in [0.25, 0.3) is 0 Å². The SMILES string of the molecule is CC(O)CC(C)(C)CNC(=O)NCCc1ccc(Cl)cc1. The molecule has 0 spiro atoms. The molecule has 0 aliphatic heterocycles. The fraction of sp³-hybridized carbons (Fsp3) is 0.562. The van der Waals surface area contributed by atoms with Gasteiger partial charge < -0.3 is 15.7 Å². The molecule has 0 saturated carbocycles. The number of aliphatic hydroxyl groups is 1. The van der Waals surface area contributed by atoms with Gasteiger partial charge in [-0.3, -0.25) is 0 Å². The Hall–Kier alpha value is -1.26. The summed E-state index contributed by atoms with van der Waals surface area (Å²) in [4.78, 5) is 11.7. The Bertz CT molecular complexity index is 444. The summed E-state index contributed by atoms with van der Waals surface area (Å²) < 4.78 is 0. The van der Waals surface area contributed by atoms with Crippen molar-refractivity contribution in [3.05, 3.63) is 34.9 Å². The molecule has 0 bridgehead atoms. The number of urea groups is 1. The van der Waals surface area contributed by atoms with Crippen molar-refractivity contribution >= 4 is 17.6 Å². The maximum atomic E-state index is 11.7. The van der Waals surface area contributed by atoms with Crippen molar-refractivity contribution in [1.29, 1.82) is 0 Å². The van der Waals surface area contributed by atoms with Crippen LogP contribution >= 0.6 is 11.6 Å². The molecular weight excluding hydrogens is 288 g/mol. The van der Waals surface area contributed by atoms with Gasteiger partial charge in [-0.15, -0.1) is 0 Å². The van der Waals surface area contributed by atoms with E-state index in [9.17, 15) is 9.90 Å². The largest absolute Gasteiger partial charge is 0.393 e. The second-order valence-corrected chi connectivity index (χ2v) is 6.64. The van der Waals surface area contributed by atoms with E-state index in [1.54, 1.807) is 6.92 Å². The Kier molecular flexibility index (Phi) is 6.99. The highest BCUT2D eigenvalue weighted by atomic mass is 35.5. The Balaban J connectivity index is 2.23. The van der Waals surface area contributed by atoms with E-state index in [1.807, 2.05) is 38.1 Å². The van der Waals surface area contributed by atoms with Crippen LogP contribution in [0.1, 0.15) is 32.8 Å². The van der Waals surface area contributed by atoms with Crippen LogP contribution in [0.2, 0.25) is 5.02 Å². The summed E-state index contributed by atoms with van der Waals surface area (Å²) in [6, 6.07) is 7.41. The maximum absolute atomic E-state index is 11.7. The van der Waals surface area contributed by atoms with Crippen molar-refractivity contribution in [2.45, 2.75) is 39.7 Å². The van der Waals surface area contributed by atoms with Crippen LogP contribution in [0.5, 0.6) is 0 Å². The Morgan fingerprint density at radius 1 is 1.29 bits per heavy atom. The zero-order valence-electron chi connectivity index (χ0n) is 12.9. The van der Waals surface area contributed by atoms with E-state index < -0.39 is 0 Å². The van der Waals surface area contributed by atoms with Gasteiger partial charge >= 0.3 is 6.03 Å². The van der Waals surface area contributed by atoms with E-state index in [-0.39, 0.29) is 17.6 Å². The molecular formula is C16H25ClN2O2. The topological polar surface area (TPSA) is 61.4 Å². The number of benzene rings is 1. The van der Waals surface area contributed by atoms with E-state index in [1.165, 1.54) is 0 Å². The summed E-state index contributed by atoms with van der Waals surface area (Å²) >= 11 is 5.82. The van der Waals surface area contributed by atoms with Gasteiger partial charge in [0.1, 0.15) is 0 Å². The van der Waals surface area contributed by atoms with Gasteiger partial charge in [0.05, 0.1) is 6.10 Å². The van der Waals surface area contributed by atoms with Crippen molar-refractivity contribution in [3.63, 3.8) is 0 Å². The average molecular weight is 313 g/mol. The molecule has 21 heavy (non-hydrogen) atoms. The van der Waals surface area contributed by atoms with Crippen LogP contribution in [0.15, 0.2) is 24.3 Å². The van der Waals surface area contributed by atoms with E-state index >= 15 is 0 Å². The smallest absolute Gasteiger partial charge is 0.314 e. The van der Waals surface area contributed by atoms with E-state index in [2.05, 4.69) is 10.6 Å². The summed E-state index contributed by atoms with van der Waals surface area (Å²) in [6.07, 6.45) is 1.05. The zero-order valence-corrected chi connectivity index (χ0v) is 13.7. The number of nitrogens with one attached hydrogen (secondary N) is 2. The summed E-state index contributed by atoms with van der Waals surface area (Å²) in [6.45, 7) is 6.91. The van der Waals surface area contributed by atoms with Crippen molar-refractivity contribution in [1.82, 2.24) is 10.6 Å². The normalized spacial score (nSPS) is 12.8. The fourth-order valence-corrected chi connectivity index (χ4v) is 2.35. The van der Waals surface area contributed by atoms with E-state index in [0.29, 0.717) is 24.5 Å². The zero-order chi connectivity index (χ0) is 15.9. The van der Waals surface area contributed by atoms with Crippen LogP contribution in [-0.2, 0) is 6.42 Å². The summed E-state index contributed by atoms with van der Waals surface area (Å²) in [5.41, 5.74) is 1.01. The predicted octanol–water partition coefficient (Wildman–Crippen LogP) is 2.98. The van der Waals surface area contributed by atoms with Crippen molar-refractivity contribution < 1.29 is 9.90 Å². The minimum absolute atomic E-state index is 0.123. The van der Waals surface area contributed by atoms with E-state index in [0.717, 1.165) is 12.0 Å². The monoisotopic (exact) mass is 312 g/mol. The molecule has 5 heteroatoms. The van der Waals surface area contributed by atoms with Crippen molar-refractivity contribution in [3.8, 4) is 0 Å². The molecule has 1 rings (SSSR count). The highest BCUT2D eigenvalue weighted by Gasteiger charge is 2.20. The molecule has 1 aromatic rings. The number of hydrogen-bond donors (Lipinski definition) is 3. The Labute approximate surface area is 131 Å². The number of hydrogen-bond acceptors (Lipinski definition) is 2. The number of amides is 2. The number of carbonyl (C=O) groups is 1. The van der Waals surface area contributed by atoms with Gasteiger partial charge in [0, 0.05) is 18.1 Å². The van der Waals surface area contributed by atoms with Crippen molar-refractivity contribution in [2.75, 3.05) is 13.1 Å². The van der Waals surface area contributed by atoms with E-state index in [4.69, 9.17) is 11.6 Å². The number of halogens is 1. The molecule has 2 amide bonds. The van der Waals surface area contributed by atoms with Gasteiger partial charge in [-0.05, 0) is 42.9 Å². The molecule has 0 aliphatic carbocycles. The molecule has 0 fully saturated rings. The quantitative estimate of drug-likeness (QED) is 0.725. The average Bonchev–Trinajstić information content (AvgIpc) is 2.37. The number of carbonyl (C=O) groups excluding carboxylic acids is 1. The molecule has 4 nitrogen and oxygen atoms in total. The highest BCUT2D eigenvalue weighted by Crippen LogP contribution is 2.20. The van der Waals surface area contributed by atoms with Crippen LogP contribution in [0, 0.1) is 5.41 Å². The van der Waals surface area contributed by atoms with Gasteiger partial charge in [0.2, 0.25) is 0 Å². The molecule has 3 N–H and O–H groups in total. The van der Waals surface area contributed by atoms with Crippen LogP contribution in [-0.4, -0.2) is 30.3 Å². The van der Waals surface area contributed by atoms with Gasteiger partial charge in [0.25, 0.3) is 0 Å². The fourth-order valence-electron chi connectivity index (χ4n) is 2.23. The minimum Gasteiger partial charge on any atom is -0.393 e. The van der Waals surface area contributed by atoms with Gasteiger partial charge in [-0.1, -0.05) is 37.6 Å². The second-order valence-electron chi connectivity index (χ2n) is 6.20. The first-order valence-electron chi connectivity index (χ1n) is 7.23. The van der Waals surface area contributed by atoms with Gasteiger partial charge in [0.15, 0.2) is 0 Å². The first-order chi connectivity index (χ1) is 9.78. The third-order valence-electron chi connectivity index (χ3n) is 3.19. The molecule has 1 atom stereocenters. The third kappa shape index (κ3) is 7.93. The standard InChI is InChI=1S/C16H25ClN2O2/c1-12(20)10-16(2,3)11-19-15(21)18-9-8-13-4-6-14(17)7-5-13/h4-7,12,20H,8-11H2,1-3H3,(H2,18,19,21). The predicted molar refractivity (Wildman–Crippen MR) is 86.6 cm³/mol. The lowest BCUT2D eigenvalue weighted by molar-refractivity contribution is 0.129. The maximum Gasteiger partial charge on any atom is 0.314 e. The lowest BCUT2D eigenvalue weighted by Crippen LogP contribution is -2.42. The molecule has 0 saturated heterocycles. The van der Waals surface area contributed by atoms with Crippen LogP contribution in [0.3, 0.4) is 0 Å². The van der Waals surface area contributed by atoms with Crippen LogP contribution < -0.4 is 10.6 Å². The lowest BCUT2D eigenvalue weighted by atomic mass is 9.87. The summed E-state index contributed by atoms with van der Waals surface area (Å²) in [5, 5.41) is 15.8. The Morgan fingerprint density at radius 3 is 2.48 bits per heavy atom. The molecule has 118 valence electrons. The minimum atomic E-state index is -0.366.